The van der Waals surface area contributed by atoms with Crippen molar-refractivity contribution >= 4 is 21.7 Å². The van der Waals surface area contributed by atoms with Gasteiger partial charge in [0.1, 0.15) is 0 Å². The van der Waals surface area contributed by atoms with E-state index < -0.39 is 27.8 Å². The molecule has 0 spiro atoms. The zero-order valence-electron chi connectivity index (χ0n) is 8.76. The number of rotatable bonds is 1. The van der Waals surface area contributed by atoms with Gasteiger partial charge in [-0.2, -0.15) is 0 Å². The van der Waals surface area contributed by atoms with E-state index in [9.17, 15) is 18.0 Å². The zero-order chi connectivity index (χ0) is 11.9. The lowest BCUT2D eigenvalue weighted by molar-refractivity contribution is -0.151. The first-order chi connectivity index (χ1) is 7.41. The minimum atomic E-state index is -3.10. The lowest BCUT2D eigenvalue weighted by atomic mass is 10.0. The highest BCUT2D eigenvalue weighted by Crippen LogP contribution is 2.22. The van der Waals surface area contributed by atoms with Gasteiger partial charge in [0.05, 0.1) is 23.6 Å². The molecule has 2 aliphatic rings. The summed E-state index contributed by atoms with van der Waals surface area (Å²) in [6, 6.07) is -1.17. The molecule has 2 saturated heterocycles. The zero-order valence-corrected chi connectivity index (χ0v) is 9.57. The predicted octanol–water partition coefficient (Wildman–Crippen LogP) is -1.35. The van der Waals surface area contributed by atoms with Crippen LogP contribution in [0, 0.1) is 0 Å². The molecule has 16 heavy (non-hydrogen) atoms. The third-order valence-electron chi connectivity index (χ3n) is 3.07. The summed E-state index contributed by atoms with van der Waals surface area (Å²) in [6.07, 6.45) is 0.920. The fraction of sp³-hybridized carbons (Fsp3) is 0.778. The topological polar surface area (TPSA) is 97.5 Å². The average Bonchev–Trinajstić information content (AvgIpc) is 2.53. The van der Waals surface area contributed by atoms with Gasteiger partial charge in [0.25, 0.3) is 0 Å². The third kappa shape index (κ3) is 1.97. The SMILES string of the molecule is N[C@H]1CCC(=O)N(C2CCS(=O)(=O)C2)C1=O. The Hall–Kier alpha value is -0.950. The standard InChI is InChI=1S/C9H14N2O4S/c10-7-1-2-8(12)11(9(7)13)6-3-4-16(14,15)5-6/h6-7H,1-5,10H2/t6?,7-/m0/s1. The number of nitrogens with zero attached hydrogens (tertiary/aromatic N) is 1. The largest absolute Gasteiger partial charge is 0.320 e. The summed E-state index contributed by atoms with van der Waals surface area (Å²) < 4.78 is 22.6. The number of carbonyl (C=O) groups is 2. The molecule has 2 heterocycles. The summed E-state index contributed by atoms with van der Waals surface area (Å²) in [7, 11) is -3.10. The normalized spacial score (nSPS) is 34.4. The lowest BCUT2D eigenvalue weighted by Crippen LogP contribution is -2.55. The number of nitrogens with two attached hydrogens (primary N) is 1. The molecule has 0 saturated carbocycles. The van der Waals surface area contributed by atoms with Gasteiger partial charge in [-0.05, 0) is 12.8 Å². The highest BCUT2D eigenvalue weighted by Gasteiger charge is 2.41. The van der Waals surface area contributed by atoms with Crippen molar-refractivity contribution in [2.24, 2.45) is 5.73 Å². The van der Waals surface area contributed by atoms with Crippen LogP contribution in [0.5, 0.6) is 0 Å². The molecule has 0 radical (unpaired) electrons. The second-order valence-corrected chi connectivity index (χ2v) is 6.53. The van der Waals surface area contributed by atoms with E-state index >= 15 is 0 Å². The monoisotopic (exact) mass is 246 g/mol. The molecule has 0 aromatic heterocycles. The summed E-state index contributed by atoms with van der Waals surface area (Å²) in [4.78, 5) is 24.4. The second kappa shape index (κ2) is 3.81. The van der Waals surface area contributed by atoms with Crippen molar-refractivity contribution in [2.45, 2.75) is 31.3 Å². The molecule has 0 aromatic rings. The molecular formula is C9H14N2O4S. The third-order valence-corrected chi connectivity index (χ3v) is 4.82. The fourth-order valence-corrected chi connectivity index (χ4v) is 3.89. The van der Waals surface area contributed by atoms with Crippen molar-refractivity contribution in [3.05, 3.63) is 0 Å². The molecule has 2 amide bonds. The summed E-state index contributed by atoms with van der Waals surface area (Å²) in [6.45, 7) is 0. The Morgan fingerprint density at radius 1 is 1.25 bits per heavy atom. The molecule has 0 bridgehead atoms. The van der Waals surface area contributed by atoms with Crippen molar-refractivity contribution in [3.63, 3.8) is 0 Å². The van der Waals surface area contributed by atoms with E-state index in [1.54, 1.807) is 0 Å². The van der Waals surface area contributed by atoms with Gasteiger partial charge in [0.2, 0.25) is 11.8 Å². The van der Waals surface area contributed by atoms with Crippen LogP contribution in [-0.4, -0.2) is 48.7 Å². The van der Waals surface area contributed by atoms with Gasteiger partial charge in [0.15, 0.2) is 9.84 Å². The van der Waals surface area contributed by atoms with Gasteiger partial charge in [-0.15, -0.1) is 0 Å². The summed E-state index contributed by atoms with van der Waals surface area (Å²) in [5, 5.41) is 0. The van der Waals surface area contributed by atoms with Gasteiger partial charge < -0.3 is 5.73 Å². The number of carbonyl (C=O) groups excluding carboxylic acids is 2. The molecule has 2 atom stereocenters. The van der Waals surface area contributed by atoms with Crippen molar-refractivity contribution < 1.29 is 18.0 Å². The molecule has 2 fully saturated rings. The van der Waals surface area contributed by atoms with E-state index in [2.05, 4.69) is 0 Å². The highest BCUT2D eigenvalue weighted by atomic mass is 32.2. The van der Waals surface area contributed by atoms with E-state index in [1.165, 1.54) is 0 Å². The Labute approximate surface area is 93.7 Å². The summed E-state index contributed by atoms with van der Waals surface area (Å²) in [5.74, 6) is -0.798. The van der Waals surface area contributed by atoms with Crippen molar-refractivity contribution in [3.8, 4) is 0 Å². The van der Waals surface area contributed by atoms with Gasteiger partial charge >= 0.3 is 0 Å². The molecular weight excluding hydrogens is 232 g/mol. The number of hydrogen-bond acceptors (Lipinski definition) is 5. The van der Waals surface area contributed by atoms with Gasteiger partial charge in [0, 0.05) is 6.42 Å². The maximum absolute atomic E-state index is 11.7. The fourth-order valence-electron chi connectivity index (χ4n) is 2.19. The minimum absolute atomic E-state index is 0.0456. The molecule has 1 unspecified atom stereocenters. The number of sulfone groups is 1. The smallest absolute Gasteiger partial charge is 0.246 e. The van der Waals surface area contributed by atoms with Crippen molar-refractivity contribution in [1.82, 2.24) is 4.90 Å². The maximum atomic E-state index is 11.7. The molecule has 2 rings (SSSR count). The predicted molar refractivity (Wildman–Crippen MR) is 56.1 cm³/mol. The molecule has 0 aliphatic carbocycles. The van der Waals surface area contributed by atoms with Crippen LogP contribution in [0.4, 0.5) is 0 Å². The van der Waals surface area contributed by atoms with Gasteiger partial charge in [-0.3, -0.25) is 14.5 Å². The summed E-state index contributed by atoms with van der Waals surface area (Å²) in [5.41, 5.74) is 5.57. The molecule has 0 aromatic carbocycles. The van der Waals surface area contributed by atoms with E-state index in [0.717, 1.165) is 4.90 Å². The maximum Gasteiger partial charge on any atom is 0.246 e. The molecule has 2 aliphatic heterocycles. The van der Waals surface area contributed by atoms with Crippen LogP contribution in [-0.2, 0) is 19.4 Å². The Balaban J connectivity index is 2.19. The number of hydrogen-bond donors (Lipinski definition) is 1. The minimum Gasteiger partial charge on any atom is -0.320 e. The highest BCUT2D eigenvalue weighted by molar-refractivity contribution is 7.91. The molecule has 90 valence electrons. The van der Waals surface area contributed by atoms with Crippen LogP contribution in [0.15, 0.2) is 0 Å². The second-order valence-electron chi connectivity index (χ2n) is 4.30. The number of imide groups is 1. The number of likely N-dealkylation sites (tertiary alicyclic amines) is 1. The Morgan fingerprint density at radius 3 is 2.50 bits per heavy atom. The molecule has 2 N–H and O–H groups in total. The van der Waals surface area contributed by atoms with Crippen LogP contribution < -0.4 is 5.73 Å². The Morgan fingerprint density at radius 2 is 1.94 bits per heavy atom. The first kappa shape index (κ1) is 11.5. The lowest BCUT2D eigenvalue weighted by Gasteiger charge is -2.32. The average molecular weight is 246 g/mol. The van der Waals surface area contributed by atoms with Crippen LogP contribution in [0.25, 0.3) is 0 Å². The van der Waals surface area contributed by atoms with E-state index in [4.69, 9.17) is 5.73 Å². The van der Waals surface area contributed by atoms with Gasteiger partial charge in [-0.1, -0.05) is 0 Å². The van der Waals surface area contributed by atoms with E-state index in [-0.39, 0.29) is 23.8 Å². The first-order valence-corrected chi connectivity index (χ1v) is 7.05. The Bertz CT molecular complexity index is 431. The van der Waals surface area contributed by atoms with Crippen LogP contribution in [0.3, 0.4) is 0 Å². The Kier molecular flexibility index (Phi) is 2.75. The van der Waals surface area contributed by atoms with Gasteiger partial charge in [-0.25, -0.2) is 8.42 Å². The van der Waals surface area contributed by atoms with E-state index in [1.807, 2.05) is 0 Å². The number of amides is 2. The summed E-state index contributed by atoms with van der Waals surface area (Å²) >= 11 is 0. The van der Waals surface area contributed by atoms with Crippen LogP contribution >= 0.6 is 0 Å². The first-order valence-electron chi connectivity index (χ1n) is 5.22. The van der Waals surface area contributed by atoms with Crippen molar-refractivity contribution in [1.29, 1.82) is 0 Å². The van der Waals surface area contributed by atoms with E-state index in [0.29, 0.717) is 12.8 Å². The van der Waals surface area contributed by atoms with Crippen molar-refractivity contribution in [2.75, 3.05) is 11.5 Å². The van der Waals surface area contributed by atoms with Crippen LogP contribution in [0.2, 0.25) is 0 Å². The quantitative estimate of drug-likeness (QED) is 0.577. The van der Waals surface area contributed by atoms with Crippen LogP contribution in [0.1, 0.15) is 19.3 Å². The molecule has 6 nitrogen and oxygen atoms in total. The number of piperidine rings is 1. The molecule has 7 heteroatoms.